The molecule has 1 fully saturated rings. The molecular formula is C27H27FN2O3. The molecule has 1 heterocycles. The van der Waals surface area contributed by atoms with Gasteiger partial charge in [-0.15, -0.1) is 0 Å². The molecule has 33 heavy (non-hydrogen) atoms. The SMILES string of the molecule is NCc1ccc(C(=O)Cc2ccncc2F)cc1-c1cccc(C(=O)OCC2CCCC2)c1. The van der Waals surface area contributed by atoms with Crippen molar-refractivity contribution in [2.45, 2.75) is 38.6 Å². The molecule has 0 atom stereocenters. The Labute approximate surface area is 192 Å². The molecule has 0 radical (unpaired) electrons. The molecule has 0 aliphatic heterocycles. The second kappa shape index (κ2) is 10.5. The molecule has 0 saturated heterocycles. The van der Waals surface area contributed by atoms with Gasteiger partial charge < -0.3 is 10.5 Å². The number of rotatable bonds is 8. The quantitative estimate of drug-likeness (QED) is 0.384. The maximum absolute atomic E-state index is 13.9. The maximum atomic E-state index is 13.9. The number of hydrogen-bond acceptors (Lipinski definition) is 5. The van der Waals surface area contributed by atoms with Crippen LogP contribution >= 0.6 is 0 Å². The number of esters is 1. The zero-order valence-corrected chi connectivity index (χ0v) is 18.4. The fourth-order valence-electron chi connectivity index (χ4n) is 4.29. The predicted molar refractivity (Wildman–Crippen MR) is 124 cm³/mol. The van der Waals surface area contributed by atoms with Gasteiger partial charge in [0.1, 0.15) is 5.82 Å². The van der Waals surface area contributed by atoms with Crippen LogP contribution in [-0.2, 0) is 17.7 Å². The van der Waals surface area contributed by atoms with Crippen molar-refractivity contribution >= 4 is 11.8 Å². The van der Waals surface area contributed by atoms with Gasteiger partial charge in [-0.25, -0.2) is 9.18 Å². The number of carbonyl (C=O) groups is 2. The third kappa shape index (κ3) is 5.52. The summed E-state index contributed by atoms with van der Waals surface area (Å²) >= 11 is 0. The van der Waals surface area contributed by atoms with Crippen LogP contribution in [0.4, 0.5) is 4.39 Å². The first kappa shape index (κ1) is 22.8. The highest BCUT2D eigenvalue weighted by Gasteiger charge is 2.18. The third-order valence-corrected chi connectivity index (χ3v) is 6.19. The molecular weight excluding hydrogens is 419 g/mol. The summed E-state index contributed by atoms with van der Waals surface area (Å²) in [6.07, 6.45) is 7.11. The molecule has 1 saturated carbocycles. The summed E-state index contributed by atoms with van der Waals surface area (Å²) in [5, 5.41) is 0. The number of ketones is 1. The Morgan fingerprint density at radius 3 is 2.61 bits per heavy atom. The minimum absolute atomic E-state index is 0.0662. The molecule has 0 bridgehead atoms. The first-order valence-corrected chi connectivity index (χ1v) is 11.3. The molecule has 0 amide bonds. The predicted octanol–water partition coefficient (Wildman–Crippen LogP) is 5.12. The Kier molecular flexibility index (Phi) is 7.25. The van der Waals surface area contributed by atoms with Crippen molar-refractivity contribution < 1.29 is 18.7 Å². The number of nitrogens with zero attached hydrogens (tertiary/aromatic N) is 1. The summed E-state index contributed by atoms with van der Waals surface area (Å²) in [5.74, 6) is -0.613. The van der Waals surface area contributed by atoms with Gasteiger partial charge in [0.2, 0.25) is 0 Å². The van der Waals surface area contributed by atoms with Crippen molar-refractivity contribution in [3.63, 3.8) is 0 Å². The van der Waals surface area contributed by atoms with E-state index in [0.717, 1.165) is 35.7 Å². The number of nitrogens with two attached hydrogens (primary N) is 1. The average molecular weight is 447 g/mol. The number of halogens is 1. The van der Waals surface area contributed by atoms with Crippen LogP contribution in [0.2, 0.25) is 0 Å². The monoisotopic (exact) mass is 446 g/mol. The van der Waals surface area contributed by atoms with Gasteiger partial charge in [0, 0.05) is 24.7 Å². The number of benzene rings is 2. The lowest BCUT2D eigenvalue weighted by Crippen LogP contribution is -2.12. The molecule has 1 aromatic heterocycles. The van der Waals surface area contributed by atoms with Gasteiger partial charge in [0.05, 0.1) is 18.4 Å². The average Bonchev–Trinajstić information content (AvgIpc) is 3.37. The Morgan fingerprint density at radius 1 is 1.03 bits per heavy atom. The first-order valence-electron chi connectivity index (χ1n) is 11.3. The van der Waals surface area contributed by atoms with Crippen molar-refractivity contribution in [2.24, 2.45) is 11.7 Å². The molecule has 1 aliphatic rings. The molecule has 0 spiro atoms. The number of pyridine rings is 1. The lowest BCUT2D eigenvalue weighted by molar-refractivity contribution is 0.0442. The number of hydrogen-bond donors (Lipinski definition) is 1. The minimum atomic E-state index is -0.506. The second-order valence-corrected chi connectivity index (χ2v) is 8.47. The van der Waals surface area contributed by atoms with Crippen LogP contribution in [0, 0.1) is 11.7 Å². The highest BCUT2D eigenvalue weighted by atomic mass is 19.1. The number of Topliss-reactive ketones (excluding diaryl/α,β-unsaturated/α-hetero) is 1. The van der Waals surface area contributed by atoms with Crippen molar-refractivity contribution in [2.75, 3.05) is 6.61 Å². The van der Waals surface area contributed by atoms with Crippen LogP contribution in [-0.4, -0.2) is 23.3 Å². The Morgan fingerprint density at radius 2 is 1.85 bits per heavy atom. The highest BCUT2D eigenvalue weighted by molar-refractivity contribution is 5.99. The van der Waals surface area contributed by atoms with Gasteiger partial charge in [-0.3, -0.25) is 9.78 Å². The summed E-state index contributed by atoms with van der Waals surface area (Å²) in [6.45, 7) is 0.728. The zero-order valence-electron chi connectivity index (χ0n) is 18.4. The van der Waals surface area contributed by atoms with Crippen LogP contribution in [0.15, 0.2) is 60.9 Å². The maximum Gasteiger partial charge on any atom is 0.338 e. The van der Waals surface area contributed by atoms with E-state index in [0.29, 0.717) is 29.2 Å². The van der Waals surface area contributed by atoms with E-state index < -0.39 is 5.82 Å². The second-order valence-electron chi connectivity index (χ2n) is 8.47. The van der Waals surface area contributed by atoms with E-state index in [1.54, 1.807) is 36.4 Å². The summed E-state index contributed by atoms with van der Waals surface area (Å²) in [7, 11) is 0. The van der Waals surface area contributed by atoms with Crippen LogP contribution in [0.3, 0.4) is 0 Å². The molecule has 2 N–H and O–H groups in total. The number of ether oxygens (including phenoxy) is 1. The summed E-state index contributed by atoms with van der Waals surface area (Å²) in [5.41, 5.74) is 9.54. The molecule has 3 aromatic rings. The van der Waals surface area contributed by atoms with E-state index in [4.69, 9.17) is 10.5 Å². The summed E-state index contributed by atoms with van der Waals surface area (Å²) < 4.78 is 19.5. The number of carbonyl (C=O) groups excluding carboxylic acids is 2. The van der Waals surface area contributed by atoms with E-state index in [2.05, 4.69) is 4.98 Å². The van der Waals surface area contributed by atoms with Crippen LogP contribution in [0.25, 0.3) is 11.1 Å². The van der Waals surface area contributed by atoms with Crippen LogP contribution in [0.1, 0.15) is 57.5 Å². The van der Waals surface area contributed by atoms with E-state index in [-0.39, 0.29) is 24.7 Å². The Bertz CT molecular complexity index is 1160. The molecule has 1 aliphatic carbocycles. The van der Waals surface area contributed by atoms with Gasteiger partial charge in [0.25, 0.3) is 0 Å². The van der Waals surface area contributed by atoms with Gasteiger partial charge in [-0.05, 0) is 65.3 Å². The van der Waals surface area contributed by atoms with Crippen molar-refractivity contribution in [1.82, 2.24) is 4.98 Å². The van der Waals surface area contributed by atoms with Gasteiger partial charge >= 0.3 is 5.97 Å². The molecule has 2 aromatic carbocycles. The highest BCUT2D eigenvalue weighted by Crippen LogP contribution is 2.28. The Hall–Kier alpha value is -3.38. The zero-order chi connectivity index (χ0) is 23.2. The molecule has 5 nitrogen and oxygen atoms in total. The molecule has 0 unspecified atom stereocenters. The van der Waals surface area contributed by atoms with Crippen molar-refractivity contribution in [1.29, 1.82) is 0 Å². The van der Waals surface area contributed by atoms with Crippen LogP contribution < -0.4 is 5.73 Å². The largest absolute Gasteiger partial charge is 0.462 e. The number of aromatic nitrogens is 1. The third-order valence-electron chi connectivity index (χ3n) is 6.19. The summed E-state index contributed by atoms with van der Waals surface area (Å²) in [6, 6.07) is 13.9. The molecule has 4 rings (SSSR count). The van der Waals surface area contributed by atoms with Gasteiger partial charge in [-0.2, -0.15) is 0 Å². The Balaban J connectivity index is 1.56. The lowest BCUT2D eigenvalue weighted by Gasteiger charge is -2.13. The van der Waals surface area contributed by atoms with Crippen molar-refractivity contribution in [3.05, 3.63) is 89.0 Å². The van der Waals surface area contributed by atoms with Crippen LogP contribution in [0.5, 0.6) is 0 Å². The topological polar surface area (TPSA) is 82.3 Å². The molecule has 6 heteroatoms. The normalized spacial score (nSPS) is 13.8. The van der Waals surface area contributed by atoms with E-state index >= 15 is 0 Å². The first-order chi connectivity index (χ1) is 16.0. The standard InChI is InChI=1S/C27H27FN2O3/c28-25-16-30-11-10-20(25)14-26(31)21-8-9-23(15-29)24(13-21)19-6-3-7-22(12-19)27(32)33-17-18-4-1-2-5-18/h3,6-13,16,18H,1-2,4-5,14-15,17,29H2. The minimum Gasteiger partial charge on any atom is -0.462 e. The molecule has 170 valence electrons. The van der Waals surface area contributed by atoms with Gasteiger partial charge in [0.15, 0.2) is 5.78 Å². The van der Waals surface area contributed by atoms with Gasteiger partial charge in [-0.1, -0.05) is 37.1 Å². The van der Waals surface area contributed by atoms with E-state index in [1.807, 2.05) is 6.07 Å². The fraction of sp³-hybridized carbons (Fsp3) is 0.296. The lowest BCUT2D eigenvalue weighted by atomic mass is 9.93. The van der Waals surface area contributed by atoms with E-state index in [9.17, 15) is 14.0 Å². The smallest absolute Gasteiger partial charge is 0.338 e. The fourth-order valence-corrected chi connectivity index (χ4v) is 4.29. The van der Waals surface area contributed by atoms with E-state index in [1.165, 1.54) is 25.1 Å². The summed E-state index contributed by atoms with van der Waals surface area (Å²) in [4.78, 5) is 29.2. The van der Waals surface area contributed by atoms with Crippen molar-refractivity contribution in [3.8, 4) is 11.1 Å².